The number of hydrogen-bond acceptors (Lipinski definition) is 4. The normalized spacial score (nSPS) is 11.9. The van der Waals surface area contributed by atoms with E-state index in [9.17, 15) is 9.59 Å². The second-order valence-electron chi connectivity index (χ2n) is 5.30. The highest BCUT2D eigenvalue weighted by atomic mass is 16.5. The van der Waals surface area contributed by atoms with Crippen molar-refractivity contribution in [1.82, 2.24) is 0 Å². The van der Waals surface area contributed by atoms with Crippen LogP contribution in [-0.2, 0) is 25.5 Å². The highest BCUT2D eigenvalue weighted by Crippen LogP contribution is 2.23. The lowest BCUT2D eigenvalue weighted by Crippen LogP contribution is -2.24. The third kappa shape index (κ3) is 4.55. The summed E-state index contributed by atoms with van der Waals surface area (Å²) in [7, 11) is 0. The lowest BCUT2D eigenvalue weighted by Gasteiger charge is -2.16. The van der Waals surface area contributed by atoms with Crippen LogP contribution in [0.15, 0.2) is 42.5 Å². The Morgan fingerprint density at radius 3 is 2.39 bits per heavy atom. The summed E-state index contributed by atoms with van der Waals surface area (Å²) in [6, 6.07) is 14.0. The molecule has 0 radical (unpaired) electrons. The van der Waals surface area contributed by atoms with Crippen LogP contribution in [-0.4, -0.2) is 25.2 Å². The molecule has 122 valence electrons. The van der Waals surface area contributed by atoms with Crippen molar-refractivity contribution in [2.24, 2.45) is 5.92 Å². The van der Waals surface area contributed by atoms with Gasteiger partial charge in [0.25, 0.3) is 0 Å². The maximum absolute atomic E-state index is 12.2. The third-order valence-electron chi connectivity index (χ3n) is 3.68. The molecule has 2 rings (SSSR count). The van der Waals surface area contributed by atoms with Crippen molar-refractivity contribution >= 4 is 22.7 Å². The van der Waals surface area contributed by atoms with E-state index in [1.54, 1.807) is 13.8 Å². The van der Waals surface area contributed by atoms with Crippen molar-refractivity contribution in [2.45, 2.75) is 26.7 Å². The molecule has 0 spiro atoms. The zero-order valence-corrected chi connectivity index (χ0v) is 13.6. The predicted octanol–water partition coefficient (Wildman–Crippen LogP) is 3.51. The van der Waals surface area contributed by atoms with Gasteiger partial charge in [-0.25, -0.2) is 0 Å². The molecular formula is C19H22O4. The van der Waals surface area contributed by atoms with E-state index in [0.29, 0.717) is 19.6 Å². The van der Waals surface area contributed by atoms with E-state index in [4.69, 9.17) is 9.47 Å². The molecule has 0 saturated carbocycles. The maximum atomic E-state index is 12.2. The first-order chi connectivity index (χ1) is 11.2. The van der Waals surface area contributed by atoms with Gasteiger partial charge in [0.1, 0.15) is 0 Å². The smallest absolute Gasteiger partial charge is 0.309 e. The molecule has 0 heterocycles. The molecule has 0 aliphatic heterocycles. The van der Waals surface area contributed by atoms with Gasteiger partial charge in [0.15, 0.2) is 0 Å². The molecule has 0 bridgehead atoms. The van der Waals surface area contributed by atoms with E-state index < -0.39 is 5.92 Å². The number of hydrogen-bond donors (Lipinski definition) is 0. The van der Waals surface area contributed by atoms with Crippen molar-refractivity contribution in [3.63, 3.8) is 0 Å². The zero-order chi connectivity index (χ0) is 16.7. The average molecular weight is 314 g/mol. The standard InChI is InChI=1S/C19H22O4/c1-3-22-18(20)13-16(19(21)23-4-2)12-15-10-7-9-14-8-5-6-11-17(14)15/h5-11,16H,3-4,12-13H2,1-2H3. The molecule has 0 saturated heterocycles. The van der Waals surface area contributed by atoms with Gasteiger partial charge in [-0.05, 0) is 36.6 Å². The highest BCUT2D eigenvalue weighted by Gasteiger charge is 2.25. The van der Waals surface area contributed by atoms with Crippen LogP contribution in [0.3, 0.4) is 0 Å². The monoisotopic (exact) mass is 314 g/mol. The summed E-state index contributed by atoms with van der Waals surface area (Å²) in [5.74, 6) is -1.25. The number of ether oxygens (including phenoxy) is 2. The second-order valence-corrected chi connectivity index (χ2v) is 5.30. The number of rotatable bonds is 7. The van der Waals surface area contributed by atoms with Gasteiger partial charge >= 0.3 is 11.9 Å². The Labute approximate surface area is 136 Å². The fourth-order valence-corrected chi connectivity index (χ4v) is 2.66. The predicted molar refractivity (Wildman–Crippen MR) is 89.0 cm³/mol. The Bertz CT molecular complexity index is 673. The molecule has 0 aliphatic rings. The molecule has 0 aromatic heterocycles. The van der Waals surface area contributed by atoms with Gasteiger partial charge in [-0.3, -0.25) is 9.59 Å². The van der Waals surface area contributed by atoms with Crippen molar-refractivity contribution in [2.75, 3.05) is 13.2 Å². The maximum Gasteiger partial charge on any atom is 0.309 e. The summed E-state index contributed by atoms with van der Waals surface area (Å²) < 4.78 is 10.1. The number of benzene rings is 2. The van der Waals surface area contributed by atoms with Crippen LogP contribution in [0.1, 0.15) is 25.8 Å². The van der Waals surface area contributed by atoms with E-state index in [0.717, 1.165) is 16.3 Å². The molecule has 4 nitrogen and oxygen atoms in total. The molecule has 0 amide bonds. The fraction of sp³-hybridized carbons (Fsp3) is 0.368. The molecule has 23 heavy (non-hydrogen) atoms. The number of esters is 2. The largest absolute Gasteiger partial charge is 0.466 e. The summed E-state index contributed by atoms with van der Waals surface area (Å²) >= 11 is 0. The topological polar surface area (TPSA) is 52.6 Å². The SMILES string of the molecule is CCOC(=O)CC(Cc1cccc2ccccc12)C(=O)OCC. The van der Waals surface area contributed by atoms with E-state index in [1.807, 2.05) is 42.5 Å². The molecule has 0 fully saturated rings. The van der Waals surface area contributed by atoms with Crippen LogP contribution in [0.5, 0.6) is 0 Å². The summed E-state index contributed by atoms with van der Waals surface area (Å²) in [4.78, 5) is 24.0. The zero-order valence-electron chi connectivity index (χ0n) is 13.6. The molecule has 4 heteroatoms. The third-order valence-corrected chi connectivity index (χ3v) is 3.68. The molecule has 1 unspecified atom stereocenters. The molecular weight excluding hydrogens is 292 g/mol. The van der Waals surface area contributed by atoms with Crippen LogP contribution >= 0.6 is 0 Å². The Balaban J connectivity index is 2.24. The van der Waals surface area contributed by atoms with E-state index in [-0.39, 0.29) is 18.4 Å². The quantitative estimate of drug-likeness (QED) is 0.734. The van der Waals surface area contributed by atoms with E-state index in [2.05, 4.69) is 0 Å². The Morgan fingerprint density at radius 2 is 1.65 bits per heavy atom. The Morgan fingerprint density at radius 1 is 0.957 bits per heavy atom. The second kappa shape index (κ2) is 8.32. The summed E-state index contributed by atoms with van der Waals surface area (Å²) in [5.41, 5.74) is 1.03. The van der Waals surface area contributed by atoms with Gasteiger partial charge in [0.2, 0.25) is 0 Å². The average Bonchev–Trinajstić information content (AvgIpc) is 2.55. The van der Waals surface area contributed by atoms with Crippen LogP contribution in [0.2, 0.25) is 0 Å². The highest BCUT2D eigenvalue weighted by molar-refractivity contribution is 5.87. The van der Waals surface area contributed by atoms with Crippen molar-refractivity contribution in [3.05, 3.63) is 48.0 Å². The van der Waals surface area contributed by atoms with Gasteiger partial charge in [0.05, 0.1) is 25.6 Å². The van der Waals surface area contributed by atoms with Crippen LogP contribution in [0.25, 0.3) is 10.8 Å². The Kier molecular flexibility index (Phi) is 6.15. The van der Waals surface area contributed by atoms with E-state index >= 15 is 0 Å². The van der Waals surface area contributed by atoms with Crippen LogP contribution in [0.4, 0.5) is 0 Å². The van der Waals surface area contributed by atoms with Gasteiger partial charge in [0, 0.05) is 0 Å². The minimum atomic E-state index is -0.528. The minimum Gasteiger partial charge on any atom is -0.466 e. The van der Waals surface area contributed by atoms with Crippen molar-refractivity contribution < 1.29 is 19.1 Å². The van der Waals surface area contributed by atoms with Gasteiger partial charge in [-0.1, -0.05) is 42.5 Å². The molecule has 0 aliphatic carbocycles. The first-order valence-corrected chi connectivity index (χ1v) is 7.94. The molecule has 2 aromatic carbocycles. The van der Waals surface area contributed by atoms with Crippen LogP contribution < -0.4 is 0 Å². The molecule has 2 aromatic rings. The summed E-state index contributed by atoms with van der Waals surface area (Å²) in [5, 5.41) is 2.21. The molecule has 1 atom stereocenters. The minimum absolute atomic E-state index is 0.0376. The lowest BCUT2D eigenvalue weighted by molar-refractivity contribution is -0.154. The van der Waals surface area contributed by atoms with E-state index in [1.165, 1.54) is 0 Å². The van der Waals surface area contributed by atoms with Crippen molar-refractivity contribution in [3.8, 4) is 0 Å². The fourth-order valence-electron chi connectivity index (χ4n) is 2.66. The number of fused-ring (bicyclic) bond motifs is 1. The first-order valence-electron chi connectivity index (χ1n) is 7.94. The number of carbonyl (C=O) groups is 2. The van der Waals surface area contributed by atoms with Crippen molar-refractivity contribution in [1.29, 1.82) is 0 Å². The number of carbonyl (C=O) groups excluding carboxylic acids is 2. The van der Waals surface area contributed by atoms with Gasteiger partial charge < -0.3 is 9.47 Å². The first kappa shape index (κ1) is 17.0. The lowest BCUT2D eigenvalue weighted by atomic mass is 9.93. The summed E-state index contributed by atoms with van der Waals surface area (Å²) in [6.07, 6.45) is 0.495. The van der Waals surface area contributed by atoms with Gasteiger partial charge in [-0.15, -0.1) is 0 Å². The van der Waals surface area contributed by atoms with Gasteiger partial charge in [-0.2, -0.15) is 0 Å². The molecule has 0 N–H and O–H groups in total. The summed E-state index contributed by atoms with van der Waals surface area (Å²) in [6.45, 7) is 4.12. The Hall–Kier alpha value is -2.36. The van der Waals surface area contributed by atoms with Crippen LogP contribution in [0, 0.1) is 5.92 Å².